The van der Waals surface area contributed by atoms with Gasteiger partial charge in [-0.3, -0.25) is 20.6 Å². The van der Waals surface area contributed by atoms with Gasteiger partial charge in [-0.1, -0.05) is 0 Å². The van der Waals surface area contributed by atoms with Gasteiger partial charge >= 0.3 is 0 Å². The minimum Gasteiger partial charge on any atom is -0.367 e. The largest absolute Gasteiger partial charge is 0.367 e. The summed E-state index contributed by atoms with van der Waals surface area (Å²) < 4.78 is 5.72. The van der Waals surface area contributed by atoms with Gasteiger partial charge in [-0.05, 0) is 38.5 Å². The van der Waals surface area contributed by atoms with Gasteiger partial charge in [0.15, 0.2) is 0 Å². The Labute approximate surface area is 111 Å². The van der Waals surface area contributed by atoms with Crippen molar-refractivity contribution in [3.8, 4) is 0 Å². The number of nitrogens with one attached hydrogen (secondary N) is 1. The molecule has 0 aliphatic heterocycles. The molecule has 1 radical (unpaired) electrons. The van der Waals surface area contributed by atoms with Crippen LogP contribution < -0.4 is 5.73 Å². The highest BCUT2D eigenvalue weighted by molar-refractivity contribution is 5.73. The summed E-state index contributed by atoms with van der Waals surface area (Å²) in [5, 5.41) is 10.6. The molecule has 19 heavy (non-hydrogen) atoms. The number of hydrogen-bond acceptors (Lipinski definition) is 4. The minimum atomic E-state index is -0.729. The monoisotopic (exact) mass is 265 g/mol. The number of ether oxygens (including phenoxy) is 1. The van der Waals surface area contributed by atoms with E-state index < -0.39 is 22.5 Å². The summed E-state index contributed by atoms with van der Waals surface area (Å²) in [6.45, 7) is 5.54. The first-order chi connectivity index (χ1) is 8.69. The molecule has 1 aromatic carbocycles. The highest BCUT2D eigenvalue weighted by Gasteiger charge is 2.23. The fourth-order valence-corrected chi connectivity index (χ4v) is 1.63. The van der Waals surface area contributed by atoms with Crippen molar-refractivity contribution in [1.82, 2.24) is 5.73 Å². The van der Waals surface area contributed by atoms with Crippen LogP contribution in [0.4, 0.5) is 5.69 Å². The lowest BCUT2D eigenvalue weighted by Gasteiger charge is -2.27. The number of hydrogen-bond donors (Lipinski definition) is 0. The normalized spacial score (nSPS) is 13.0. The fourth-order valence-electron chi connectivity index (χ4n) is 1.63. The number of benzene rings is 1. The number of rotatable bonds is 5. The van der Waals surface area contributed by atoms with Gasteiger partial charge in [0, 0.05) is 12.1 Å². The van der Waals surface area contributed by atoms with Crippen molar-refractivity contribution in [3.05, 3.63) is 39.9 Å². The maximum absolute atomic E-state index is 11.0. The average molecular weight is 265 g/mol. The standard InChI is InChI=1S/C13H17N2O4/c1-13(2,3)19-11(8-12(14)16)9-4-6-10(7-5-9)15(17)18/h4-7,11,14H,8H2,1-3H3. The van der Waals surface area contributed by atoms with Crippen molar-refractivity contribution in [2.45, 2.75) is 38.9 Å². The number of carbonyl (C=O) groups excluding carboxylic acids is 1. The van der Waals surface area contributed by atoms with Crippen LogP contribution >= 0.6 is 0 Å². The highest BCUT2D eigenvalue weighted by atomic mass is 16.6. The summed E-state index contributed by atoms with van der Waals surface area (Å²) >= 11 is 0. The molecular weight excluding hydrogens is 248 g/mol. The predicted octanol–water partition coefficient (Wildman–Crippen LogP) is 2.65. The number of nitrogens with zero attached hydrogens (tertiary/aromatic N) is 1. The second-order valence-corrected chi connectivity index (χ2v) is 5.19. The SMILES string of the molecule is CC(C)(C)OC(CC([NH])=O)c1ccc([N+](=O)[O-])cc1. The van der Waals surface area contributed by atoms with Gasteiger partial charge in [-0.2, -0.15) is 0 Å². The maximum Gasteiger partial charge on any atom is 0.269 e. The average Bonchev–Trinajstić information content (AvgIpc) is 2.25. The van der Waals surface area contributed by atoms with Crippen molar-refractivity contribution in [2.75, 3.05) is 0 Å². The molecule has 0 aliphatic rings. The molecule has 1 N–H and O–H groups in total. The molecule has 0 aliphatic carbocycles. The van der Waals surface area contributed by atoms with Gasteiger partial charge in [-0.15, -0.1) is 0 Å². The van der Waals surface area contributed by atoms with E-state index in [2.05, 4.69) is 0 Å². The van der Waals surface area contributed by atoms with E-state index >= 15 is 0 Å². The van der Waals surface area contributed by atoms with Crippen LogP contribution in [0.3, 0.4) is 0 Å². The zero-order valence-electron chi connectivity index (χ0n) is 11.2. The Morgan fingerprint density at radius 1 is 1.37 bits per heavy atom. The third-order valence-corrected chi connectivity index (χ3v) is 2.34. The molecule has 0 spiro atoms. The van der Waals surface area contributed by atoms with Gasteiger partial charge in [0.1, 0.15) is 0 Å². The lowest BCUT2D eigenvalue weighted by atomic mass is 10.0. The number of non-ortho nitro benzene ring substituents is 1. The number of nitro groups is 1. The van der Waals surface area contributed by atoms with E-state index in [1.54, 1.807) is 12.1 Å². The van der Waals surface area contributed by atoms with E-state index in [1.807, 2.05) is 20.8 Å². The molecule has 0 fully saturated rings. The zero-order valence-corrected chi connectivity index (χ0v) is 11.2. The van der Waals surface area contributed by atoms with Crippen LogP contribution in [0.5, 0.6) is 0 Å². The van der Waals surface area contributed by atoms with Crippen molar-refractivity contribution < 1.29 is 14.5 Å². The molecule has 1 amide bonds. The lowest BCUT2D eigenvalue weighted by Crippen LogP contribution is -2.24. The number of amides is 1. The van der Waals surface area contributed by atoms with Crippen LogP contribution in [0.25, 0.3) is 0 Å². The Balaban J connectivity index is 2.96. The van der Waals surface area contributed by atoms with Crippen LogP contribution in [0.15, 0.2) is 24.3 Å². The fraction of sp³-hybridized carbons (Fsp3) is 0.462. The smallest absolute Gasteiger partial charge is 0.269 e. The molecule has 1 atom stereocenters. The van der Waals surface area contributed by atoms with E-state index in [1.165, 1.54) is 12.1 Å². The molecule has 103 valence electrons. The summed E-state index contributed by atoms with van der Waals surface area (Å²) in [6, 6.07) is 5.83. The second-order valence-electron chi connectivity index (χ2n) is 5.19. The van der Waals surface area contributed by atoms with Crippen molar-refractivity contribution in [1.29, 1.82) is 0 Å². The molecule has 0 saturated carbocycles. The first-order valence-corrected chi connectivity index (χ1v) is 5.85. The lowest BCUT2D eigenvalue weighted by molar-refractivity contribution is -0.384. The Hall–Kier alpha value is -1.95. The Morgan fingerprint density at radius 2 is 1.89 bits per heavy atom. The summed E-state index contributed by atoms with van der Waals surface area (Å²) in [5.74, 6) is -0.729. The molecule has 0 heterocycles. The summed E-state index contributed by atoms with van der Waals surface area (Å²) in [5.41, 5.74) is 7.21. The third-order valence-electron chi connectivity index (χ3n) is 2.34. The topological polar surface area (TPSA) is 93.2 Å². The van der Waals surface area contributed by atoms with Gasteiger partial charge in [0.2, 0.25) is 5.91 Å². The summed E-state index contributed by atoms with van der Waals surface area (Å²) in [4.78, 5) is 21.1. The van der Waals surface area contributed by atoms with Crippen LogP contribution in [-0.2, 0) is 9.53 Å². The van der Waals surface area contributed by atoms with Crippen LogP contribution in [0.1, 0.15) is 38.9 Å². The Kier molecular flexibility index (Phi) is 4.61. The number of carbonyl (C=O) groups is 1. The molecular formula is C13H17N2O4. The molecule has 1 rings (SSSR count). The van der Waals surface area contributed by atoms with Gasteiger partial charge in [-0.25, -0.2) is 0 Å². The number of nitro benzene ring substituents is 1. The summed E-state index contributed by atoms with van der Waals surface area (Å²) in [7, 11) is 0. The Morgan fingerprint density at radius 3 is 2.26 bits per heavy atom. The second kappa shape index (κ2) is 5.79. The van der Waals surface area contributed by atoms with Gasteiger partial charge in [0.25, 0.3) is 5.69 Å². The molecule has 0 aromatic heterocycles. The van der Waals surface area contributed by atoms with Crippen LogP contribution in [0.2, 0.25) is 0 Å². The van der Waals surface area contributed by atoms with Crippen LogP contribution in [0, 0.1) is 10.1 Å². The summed E-state index contributed by atoms with van der Waals surface area (Å²) in [6.07, 6.45) is -0.638. The van der Waals surface area contributed by atoms with Crippen LogP contribution in [-0.4, -0.2) is 16.4 Å². The maximum atomic E-state index is 11.0. The molecule has 0 bridgehead atoms. The highest BCUT2D eigenvalue weighted by Crippen LogP contribution is 2.28. The van der Waals surface area contributed by atoms with E-state index in [-0.39, 0.29) is 12.1 Å². The molecule has 1 aromatic rings. The predicted molar refractivity (Wildman–Crippen MR) is 69.4 cm³/mol. The molecule has 0 saturated heterocycles. The van der Waals surface area contributed by atoms with Gasteiger partial charge < -0.3 is 4.74 Å². The van der Waals surface area contributed by atoms with Crippen molar-refractivity contribution in [3.63, 3.8) is 0 Å². The minimum absolute atomic E-state index is 0.0181. The first kappa shape index (κ1) is 15.1. The Bertz CT molecular complexity index is 463. The molecule has 6 nitrogen and oxygen atoms in total. The van der Waals surface area contributed by atoms with Crippen molar-refractivity contribution >= 4 is 11.6 Å². The van der Waals surface area contributed by atoms with E-state index in [0.29, 0.717) is 5.56 Å². The molecule has 1 unspecified atom stereocenters. The van der Waals surface area contributed by atoms with Gasteiger partial charge in [0.05, 0.1) is 23.0 Å². The quantitative estimate of drug-likeness (QED) is 0.604. The first-order valence-electron chi connectivity index (χ1n) is 5.85. The van der Waals surface area contributed by atoms with E-state index in [4.69, 9.17) is 10.5 Å². The third kappa shape index (κ3) is 5.05. The van der Waals surface area contributed by atoms with E-state index in [0.717, 1.165) is 0 Å². The van der Waals surface area contributed by atoms with E-state index in [9.17, 15) is 14.9 Å². The zero-order chi connectivity index (χ0) is 14.6. The molecule has 6 heteroatoms. The van der Waals surface area contributed by atoms with Crippen molar-refractivity contribution in [2.24, 2.45) is 0 Å².